The van der Waals surface area contributed by atoms with Gasteiger partial charge in [0, 0.05) is 51.3 Å². The van der Waals surface area contributed by atoms with E-state index in [4.69, 9.17) is 18.7 Å². The van der Waals surface area contributed by atoms with Crippen molar-refractivity contribution in [2.45, 2.75) is 45.4 Å². The molecule has 1 aromatic rings. The van der Waals surface area contributed by atoms with Crippen molar-refractivity contribution in [3.05, 3.63) is 26.6 Å². The third-order valence-electron chi connectivity index (χ3n) is 5.69. The lowest BCUT2D eigenvalue weighted by Gasteiger charge is -2.46. The molecule has 0 amide bonds. The van der Waals surface area contributed by atoms with Gasteiger partial charge in [0.15, 0.2) is 13.1 Å². The molecule has 4 unspecified atom stereocenters. The topological polar surface area (TPSA) is 96.2 Å². The maximum absolute atomic E-state index is 12.5. The summed E-state index contributed by atoms with van der Waals surface area (Å²) in [6, 6.07) is 0. The van der Waals surface area contributed by atoms with Crippen LogP contribution in [0.2, 0.25) is 0 Å². The maximum atomic E-state index is 12.5. The Bertz CT molecular complexity index is 830. The van der Waals surface area contributed by atoms with Crippen molar-refractivity contribution >= 4 is 23.3 Å². The Morgan fingerprint density at radius 1 is 1.37 bits per heavy atom. The molecule has 8 nitrogen and oxygen atoms in total. The number of nitrogens with zero attached hydrogens (tertiary/aromatic N) is 1. The normalized spacial score (nSPS) is 25.6. The standard InChI is InChI=1S/C20H33BrNO7P/c1-6-29-30(5,25)11-7-9-28-15-13-22-12-14(21)17(23)18(27-4)16(22)19(24)20(15,2)8-10-26-3/h12,15,19,24H,6-11,13H2,1-5H3. The molecule has 0 saturated carbocycles. The van der Waals surface area contributed by atoms with Gasteiger partial charge in [0.2, 0.25) is 5.43 Å². The lowest BCUT2D eigenvalue weighted by atomic mass is 9.72. The number of ether oxygens (including phenoxy) is 3. The quantitative estimate of drug-likeness (QED) is 0.360. The summed E-state index contributed by atoms with van der Waals surface area (Å²) in [5, 5.41) is 11.3. The van der Waals surface area contributed by atoms with Crippen LogP contribution in [0.1, 0.15) is 38.5 Å². The maximum Gasteiger partial charge on any atom is 0.237 e. The van der Waals surface area contributed by atoms with Crippen LogP contribution in [0.4, 0.5) is 0 Å². The Balaban J connectivity index is 2.28. The number of fused-ring (bicyclic) bond motifs is 1. The molecule has 0 radical (unpaired) electrons. The molecule has 10 heteroatoms. The van der Waals surface area contributed by atoms with Crippen molar-refractivity contribution in [2.75, 3.05) is 46.9 Å². The smallest absolute Gasteiger partial charge is 0.237 e. The van der Waals surface area contributed by atoms with E-state index in [1.54, 1.807) is 24.5 Å². The molecule has 0 saturated heterocycles. The largest absolute Gasteiger partial charge is 0.491 e. The van der Waals surface area contributed by atoms with E-state index >= 15 is 0 Å². The van der Waals surface area contributed by atoms with Crippen LogP contribution in [0.3, 0.4) is 0 Å². The molecule has 0 fully saturated rings. The first-order valence-corrected chi connectivity index (χ1v) is 13.1. The fourth-order valence-electron chi connectivity index (χ4n) is 3.90. The van der Waals surface area contributed by atoms with Gasteiger partial charge in [-0.05, 0) is 35.7 Å². The molecule has 172 valence electrons. The lowest BCUT2D eigenvalue weighted by Crippen LogP contribution is -2.49. The highest BCUT2D eigenvalue weighted by Crippen LogP contribution is 2.48. The van der Waals surface area contributed by atoms with Crippen LogP contribution in [0, 0.1) is 5.41 Å². The highest BCUT2D eigenvalue weighted by atomic mass is 79.9. The van der Waals surface area contributed by atoms with Gasteiger partial charge in [-0.1, -0.05) is 6.92 Å². The number of hydrogen-bond acceptors (Lipinski definition) is 7. The number of pyridine rings is 1. The second kappa shape index (κ2) is 10.7. The number of methoxy groups -OCH3 is 2. The van der Waals surface area contributed by atoms with Crippen LogP contribution in [-0.2, 0) is 25.1 Å². The number of aromatic nitrogens is 1. The summed E-state index contributed by atoms with van der Waals surface area (Å²) in [6.07, 6.45) is 1.90. The van der Waals surface area contributed by atoms with Crippen LogP contribution in [-0.4, -0.2) is 62.6 Å². The van der Waals surface area contributed by atoms with E-state index in [0.717, 1.165) is 0 Å². The fraction of sp³-hybridized carbons (Fsp3) is 0.750. The van der Waals surface area contributed by atoms with Crippen molar-refractivity contribution in [1.82, 2.24) is 4.57 Å². The Morgan fingerprint density at radius 3 is 2.67 bits per heavy atom. The molecule has 30 heavy (non-hydrogen) atoms. The number of aliphatic hydroxyl groups is 1. The van der Waals surface area contributed by atoms with E-state index < -0.39 is 18.9 Å². The summed E-state index contributed by atoms with van der Waals surface area (Å²) in [5.41, 5.74) is -0.552. The van der Waals surface area contributed by atoms with E-state index in [1.165, 1.54) is 7.11 Å². The second-order valence-corrected chi connectivity index (χ2v) is 11.5. The minimum Gasteiger partial charge on any atom is -0.491 e. The zero-order valence-electron chi connectivity index (χ0n) is 18.4. The molecule has 2 rings (SSSR count). The highest BCUT2D eigenvalue weighted by molar-refractivity contribution is 9.10. The van der Waals surface area contributed by atoms with Gasteiger partial charge in [-0.25, -0.2) is 0 Å². The molecule has 0 aliphatic carbocycles. The van der Waals surface area contributed by atoms with Crippen LogP contribution in [0.25, 0.3) is 0 Å². The average molecular weight is 510 g/mol. The van der Waals surface area contributed by atoms with Crippen LogP contribution in [0.5, 0.6) is 5.75 Å². The number of rotatable bonds is 11. The summed E-state index contributed by atoms with van der Waals surface area (Å²) >= 11 is 3.28. The van der Waals surface area contributed by atoms with E-state index in [1.807, 2.05) is 13.8 Å². The van der Waals surface area contributed by atoms with Gasteiger partial charge in [-0.3, -0.25) is 9.36 Å². The SMILES string of the molecule is CCOP(C)(=O)CCCOC1Cn2cc(Br)c(=O)c(OC)c2C(O)C1(C)CCOC. The fourth-order valence-corrected chi connectivity index (χ4v) is 5.71. The monoisotopic (exact) mass is 509 g/mol. The van der Waals surface area contributed by atoms with E-state index in [9.17, 15) is 14.5 Å². The molecule has 1 aliphatic heterocycles. The molecule has 1 N–H and O–H groups in total. The van der Waals surface area contributed by atoms with Crippen LogP contribution >= 0.6 is 23.3 Å². The summed E-state index contributed by atoms with van der Waals surface area (Å²) in [7, 11) is 0.420. The lowest BCUT2D eigenvalue weighted by molar-refractivity contribution is -0.131. The van der Waals surface area contributed by atoms with Gasteiger partial charge in [-0.15, -0.1) is 0 Å². The van der Waals surface area contributed by atoms with Crippen LogP contribution < -0.4 is 10.2 Å². The first-order valence-electron chi connectivity index (χ1n) is 10.1. The first-order chi connectivity index (χ1) is 14.1. The Morgan fingerprint density at radius 2 is 2.07 bits per heavy atom. The van der Waals surface area contributed by atoms with E-state index in [-0.39, 0.29) is 17.3 Å². The van der Waals surface area contributed by atoms with Crippen molar-refractivity contribution < 1.29 is 28.4 Å². The number of halogens is 1. The Kier molecular flexibility index (Phi) is 9.16. The van der Waals surface area contributed by atoms with Crippen molar-refractivity contribution in [2.24, 2.45) is 5.41 Å². The van der Waals surface area contributed by atoms with Crippen LogP contribution in [0.15, 0.2) is 15.5 Å². The summed E-state index contributed by atoms with van der Waals surface area (Å²) < 4.78 is 36.6. The molecule has 0 bridgehead atoms. The van der Waals surface area contributed by atoms with Gasteiger partial charge in [-0.2, -0.15) is 0 Å². The number of hydrogen-bond donors (Lipinski definition) is 1. The summed E-state index contributed by atoms with van der Waals surface area (Å²) in [5.74, 6) is 0.127. The van der Waals surface area contributed by atoms with E-state index in [0.29, 0.717) is 55.5 Å². The zero-order chi connectivity index (χ0) is 22.5. The van der Waals surface area contributed by atoms with Gasteiger partial charge in [0.25, 0.3) is 0 Å². The van der Waals surface area contributed by atoms with Gasteiger partial charge in [0.1, 0.15) is 6.10 Å². The molecular formula is C20H33BrNO7P. The molecule has 0 aromatic carbocycles. The first kappa shape index (κ1) is 25.6. The third-order valence-corrected chi connectivity index (χ3v) is 8.19. The second-order valence-electron chi connectivity index (χ2n) is 7.90. The average Bonchev–Trinajstić information content (AvgIpc) is 2.69. The summed E-state index contributed by atoms with van der Waals surface area (Å²) in [6.45, 7) is 7.08. The minimum atomic E-state index is -2.61. The molecule has 0 spiro atoms. The summed E-state index contributed by atoms with van der Waals surface area (Å²) in [4.78, 5) is 12.5. The molecule has 1 aromatic heterocycles. The zero-order valence-corrected chi connectivity index (χ0v) is 20.8. The van der Waals surface area contributed by atoms with Crippen molar-refractivity contribution in [1.29, 1.82) is 0 Å². The van der Waals surface area contributed by atoms with E-state index in [2.05, 4.69) is 15.9 Å². The van der Waals surface area contributed by atoms with Gasteiger partial charge >= 0.3 is 0 Å². The third kappa shape index (κ3) is 5.56. The molecule has 2 heterocycles. The predicted molar refractivity (Wildman–Crippen MR) is 119 cm³/mol. The predicted octanol–water partition coefficient (Wildman–Crippen LogP) is 3.43. The molecular weight excluding hydrogens is 477 g/mol. The number of aliphatic hydroxyl groups excluding tert-OH is 1. The Hall–Kier alpha value is -0.700. The molecule has 4 atom stereocenters. The van der Waals surface area contributed by atoms with Crippen molar-refractivity contribution in [3.8, 4) is 5.75 Å². The van der Waals surface area contributed by atoms with Gasteiger partial charge < -0.3 is 28.4 Å². The Labute approximate surface area is 186 Å². The minimum absolute atomic E-state index is 0.127. The van der Waals surface area contributed by atoms with Gasteiger partial charge in [0.05, 0.1) is 30.0 Å². The van der Waals surface area contributed by atoms with Crippen molar-refractivity contribution in [3.63, 3.8) is 0 Å². The molecule has 1 aliphatic rings. The highest BCUT2D eigenvalue weighted by Gasteiger charge is 2.48.